The Morgan fingerprint density at radius 1 is 1.45 bits per heavy atom. The van der Waals surface area contributed by atoms with Crippen molar-refractivity contribution in [2.45, 2.75) is 39.3 Å². The lowest BCUT2D eigenvalue weighted by atomic mass is 10.2. The van der Waals surface area contributed by atoms with Gasteiger partial charge in [0.25, 0.3) is 0 Å². The number of likely N-dealkylation sites (N-methyl/N-ethyl adjacent to an activating group) is 2. The van der Waals surface area contributed by atoms with E-state index in [1.807, 2.05) is 13.0 Å². The molecule has 0 aliphatic carbocycles. The number of nitrogens with one attached hydrogen (secondary N) is 1. The standard InChI is InChI=1S/C15H27N5/c1-5-16-14-9-12(2)17-15(18-14)11-19(3)10-13-7-6-8-20(13)4/h9,13H,5-8,10-11H2,1-4H3,(H,16,17,18). The summed E-state index contributed by atoms with van der Waals surface area (Å²) in [5.74, 6) is 1.84. The van der Waals surface area contributed by atoms with Gasteiger partial charge in [-0.1, -0.05) is 0 Å². The third kappa shape index (κ3) is 4.15. The molecule has 20 heavy (non-hydrogen) atoms. The molecule has 1 atom stereocenters. The lowest BCUT2D eigenvalue weighted by Crippen LogP contribution is -2.36. The molecule has 112 valence electrons. The fraction of sp³-hybridized carbons (Fsp3) is 0.733. The topological polar surface area (TPSA) is 44.3 Å². The molecule has 2 rings (SSSR count). The molecule has 2 heterocycles. The van der Waals surface area contributed by atoms with Crippen molar-refractivity contribution in [1.82, 2.24) is 19.8 Å². The zero-order valence-corrected chi connectivity index (χ0v) is 13.2. The second kappa shape index (κ2) is 6.99. The summed E-state index contributed by atoms with van der Waals surface area (Å²) < 4.78 is 0. The van der Waals surface area contributed by atoms with Crippen LogP contribution >= 0.6 is 0 Å². The van der Waals surface area contributed by atoms with E-state index >= 15 is 0 Å². The third-order valence-electron chi connectivity index (χ3n) is 3.86. The molecule has 1 fully saturated rings. The lowest BCUT2D eigenvalue weighted by molar-refractivity contribution is 0.212. The van der Waals surface area contributed by atoms with E-state index in [1.54, 1.807) is 0 Å². The predicted octanol–water partition coefficient (Wildman–Crippen LogP) is 1.74. The minimum absolute atomic E-state index is 0.679. The number of likely N-dealkylation sites (tertiary alicyclic amines) is 1. The van der Waals surface area contributed by atoms with Crippen molar-refractivity contribution in [2.24, 2.45) is 0 Å². The number of rotatable bonds is 6. The van der Waals surface area contributed by atoms with Crippen LogP contribution in [0.2, 0.25) is 0 Å². The van der Waals surface area contributed by atoms with Crippen LogP contribution in [-0.4, -0.2) is 59.5 Å². The monoisotopic (exact) mass is 277 g/mol. The predicted molar refractivity (Wildman–Crippen MR) is 82.9 cm³/mol. The summed E-state index contributed by atoms with van der Waals surface area (Å²) in [7, 11) is 4.38. The second-order valence-corrected chi connectivity index (χ2v) is 5.81. The van der Waals surface area contributed by atoms with Crippen molar-refractivity contribution in [3.05, 3.63) is 17.6 Å². The SMILES string of the molecule is CCNc1cc(C)nc(CN(C)CC2CCCN2C)n1. The van der Waals surface area contributed by atoms with Gasteiger partial charge in [0.2, 0.25) is 0 Å². The van der Waals surface area contributed by atoms with E-state index in [4.69, 9.17) is 0 Å². The Kier molecular flexibility index (Phi) is 5.31. The summed E-state index contributed by atoms with van der Waals surface area (Å²) in [4.78, 5) is 13.9. The normalized spacial score (nSPS) is 19.8. The van der Waals surface area contributed by atoms with Crippen LogP contribution in [0, 0.1) is 6.92 Å². The van der Waals surface area contributed by atoms with E-state index in [9.17, 15) is 0 Å². The Morgan fingerprint density at radius 2 is 2.25 bits per heavy atom. The first kappa shape index (κ1) is 15.2. The highest BCUT2D eigenvalue weighted by Crippen LogP contribution is 2.16. The molecule has 0 aromatic carbocycles. The van der Waals surface area contributed by atoms with Crippen LogP contribution in [0.1, 0.15) is 31.3 Å². The first-order valence-electron chi connectivity index (χ1n) is 7.55. The number of anilines is 1. The number of aromatic nitrogens is 2. The van der Waals surface area contributed by atoms with Gasteiger partial charge >= 0.3 is 0 Å². The van der Waals surface area contributed by atoms with E-state index in [0.29, 0.717) is 6.04 Å². The number of hydrogen-bond acceptors (Lipinski definition) is 5. The molecule has 5 nitrogen and oxygen atoms in total. The molecule has 0 bridgehead atoms. The Hall–Kier alpha value is -1.20. The second-order valence-electron chi connectivity index (χ2n) is 5.81. The summed E-state index contributed by atoms with van der Waals surface area (Å²) in [6.07, 6.45) is 2.62. The average molecular weight is 277 g/mol. The fourth-order valence-corrected chi connectivity index (χ4v) is 2.85. The number of hydrogen-bond donors (Lipinski definition) is 1. The van der Waals surface area contributed by atoms with Crippen molar-refractivity contribution < 1.29 is 0 Å². The van der Waals surface area contributed by atoms with Gasteiger partial charge in [-0.05, 0) is 47.3 Å². The molecule has 0 saturated carbocycles. The van der Waals surface area contributed by atoms with Crippen LogP contribution in [0.5, 0.6) is 0 Å². The Labute approximate surface area is 122 Å². The minimum atomic E-state index is 0.679. The first-order chi connectivity index (χ1) is 9.58. The summed E-state index contributed by atoms with van der Waals surface area (Å²) in [6, 6.07) is 2.68. The maximum Gasteiger partial charge on any atom is 0.144 e. The molecule has 0 amide bonds. The van der Waals surface area contributed by atoms with Crippen LogP contribution in [0.15, 0.2) is 6.07 Å². The molecule has 0 radical (unpaired) electrons. The van der Waals surface area contributed by atoms with E-state index < -0.39 is 0 Å². The van der Waals surface area contributed by atoms with Crippen LogP contribution in [-0.2, 0) is 6.54 Å². The van der Waals surface area contributed by atoms with Crippen LogP contribution in [0.3, 0.4) is 0 Å². The summed E-state index contributed by atoms with van der Waals surface area (Å²) >= 11 is 0. The third-order valence-corrected chi connectivity index (χ3v) is 3.86. The fourth-order valence-electron chi connectivity index (χ4n) is 2.85. The molecule has 1 saturated heterocycles. The highest BCUT2D eigenvalue weighted by molar-refractivity contribution is 5.35. The lowest BCUT2D eigenvalue weighted by Gasteiger charge is -2.25. The summed E-state index contributed by atoms with van der Waals surface area (Å²) in [5, 5.41) is 3.26. The van der Waals surface area contributed by atoms with Gasteiger partial charge in [-0.2, -0.15) is 0 Å². The van der Waals surface area contributed by atoms with Crippen molar-refractivity contribution >= 4 is 5.82 Å². The molecule has 0 spiro atoms. The highest BCUT2D eigenvalue weighted by atomic mass is 15.2. The molecule has 1 unspecified atom stereocenters. The Bertz CT molecular complexity index is 434. The largest absolute Gasteiger partial charge is 0.370 e. The van der Waals surface area contributed by atoms with Crippen LogP contribution in [0.25, 0.3) is 0 Å². The minimum Gasteiger partial charge on any atom is -0.370 e. The molecular weight excluding hydrogens is 250 g/mol. The van der Waals surface area contributed by atoms with Gasteiger partial charge in [-0.3, -0.25) is 4.90 Å². The van der Waals surface area contributed by atoms with E-state index in [-0.39, 0.29) is 0 Å². The quantitative estimate of drug-likeness (QED) is 0.858. The summed E-state index contributed by atoms with van der Waals surface area (Å²) in [5.41, 5.74) is 1.03. The van der Waals surface area contributed by atoms with Gasteiger partial charge in [-0.15, -0.1) is 0 Å². The smallest absolute Gasteiger partial charge is 0.144 e. The molecule has 1 aromatic heterocycles. The van der Waals surface area contributed by atoms with Crippen molar-refractivity contribution in [3.8, 4) is 0 Å². The number of nitrogens with zero attached hydrogens (tertiary/aromatic N) is 4. The van der Waals surface area contributed by atoms with Gasteiger partial charge in [0.15, 0.2) is 0 Å². The molecule has 1 N–H and O–H groups in total. The van der Waals surface area contributed by atoms with Gasteiger partial charge in [0.05, 0.1) is 6.54 Å². The molecule has 1 aliphatic rings. The van der Waals surface area contributed by atoms with Crippen molar-refractivity contribution in [3.63, 3.8) is 0 Å². The first-order valence-corrected chi connectivity index (χ1v) is 7.55. The van der Waals surface area contributed by atoms with Crippen LogP contribution in [0.4, 0.5) is 5.82 Å². The van der Waals surface area contributed by atoms with Crippen molar-refractivity contribution in [2.75, 3.05) is 39.0 Å². The van der Waals surface area contributed by atoms with E-state index in [0.717, 1.165) is 37.0 Å². The van der Waals surface area contributed by atoms with Gasteiger partial charge in [0, 0.05) is 30.9 Å². The molecule has 5 heteroatoms. The molecule has 1 aromatic rings. The number of aryl methyl sites for hydroxylation is 1. The Balaban J connectivity index is 1.94. The average Bonchev–Trinajstić information content (AvgIpc) is 2.74. The van der Waals surface area contributed by atoms with Crippen molar-refractivity contribution in [1.29, 1.82) is 0 Å². The zero-order valence-electron chi connectivity index (χ0n) is 13.2. The molecule has 1 aliphatic heterocycles. The van der Waals surface area contributed by atoms with Gasteiger partial charge < -0.3 is 10.2 Å². The zero-order chi connectivity index (χ0) is 14.5. The van der Waals surface area contributed by atoms with E-state index in [2.05, 4.69) is 46.1 Å². The molecular formula is C15H27N5. The maximum atomic E-state index is 4.58. The Morgan fingerprint density at radius 3 is 2.90 bits per heavy atom. The van der Waals surface area contributed by atoms with E-state index in [1.165, 1.54) is 19.4 Å². The van der Waals surface area contributed by atoms with Gasteiger partial charge in [-0.25, -0.2) is 9.97 Å². The highest BCUT2D eigenvalue weighted by Gasteiger charge is 2.22. The van der Waals surface area contributed by atoms with Crippen LogP contribution < -0.4 is 5.32 Å². The maximum absolute atomic E-state index is 4.58. The summed E-state index contributed by atoms with van der Waals surface area (Å²) in [6.45, 7) is 8.12. The van der Waals surface area contributed by atoms with Gasteiger partial charge in [0.1, 0.15) is 11.6 Å².